The fraction of sp³-hybridized carbons (Fsp3) is 0.125. The van der Waals surface area contributed by atoms with Crippen LogP contribution in [-0.4, -0.2) is 25.7 Å². The summed E-state index contributed by atoms with van der Waals surface area (Å²) in [6.07, 6.45) is 1.09. The van der Waals surface area contributed by atoms with Gasteiger partial charge in [-0.2, -0.15) is 0 Å². The zero-order valence-corrected chi connectivity index (χ0v) is 14.9. The average Bonchev–Trinajstić information content (AvgIpc) is 2.94. The monoisotopic (exact) mass is 376 g/mol. The molecule has 0 aliphatic rings. The first-order valence-corrected chi connectivity index (χ1v) is 10.1. The van der Waals surface area contributed by atoms with Gasteiger partial charge in [0.15, 0.2) is 5.13 Å². The molecule has 3 rings (SSSR count). The third-order valence-corrected chi connectivity index (χ3v) is 4.76. The summed E-state index contributed by atoms with van der Waals surface area (Å²) < 4.78 is 25.9. The van der Waals surface area contributed by atoms with Crippen molar-refractivity contribution < 1.29 is 13.2 Å². The Morgan fingerprint density at radius 1 is 1.16 bits per heavy atom. The van der Waals surface area contributed by atoms with Gasteiger partial charge in [0, 0.05) is 12.2 Å². The molecule has 3 aromatic rings. The normalized spacial score (nSPS) is 11.2. The van der Waals surface area contributed by atoms with Crippen molar-refractivity contribution in [3.8, 4) is 0 Å². The lowest BCUT2D eigenvalue weighted by Gasteiger charge is -2.08. The van der Waals surface area contributed by atoms with Gasteiger partial charge in [0.2, 0.25) is 10.0 Å². The van der Waals surface area contributed by atoms with Crippen LogP contribution >= 0.6 is 11.3 Å². The zero-order chi connectivity index (χ0) is 17.9. The van der Waals surface area contributed by atoms with E-state index in [1.54, 1.807) is 24.3 Å². The number of hydrogen-bond donors (Lipinski definition) is 3. The van der Waals surface area contributed by atoms with Crippen LogP contribution < -0.4 is 15.4 Å². The van der Waals surface area contributed by atoms with Crippen molar-refractivity contribution in [1.29, 1.82) is 0 Å². The highest BCUT2D eigenvalue weighted by molar-refractivity contribution is 7.92. The molecule has 2 amide bonds. The van der Waals surface area contributed by atoms with E-state index in [0.29, 0.717) is 10.8 Å². The molecular weight excluding hydrogens is 360 g/mol. The Labute approximate surface area is 149 Å². The Hall–Kier alpha value is -2.65. The third kappa shape index (κ3) is 4.91. The highest BCUT2D eigenvalue weighted by Crippen LogP contribution is 2.25. The van der Waals surface area contributed by atoms with Gasteiger partial charge in [0.05, 0.1) is 16.5 Å². The predicted molar refractivity (Wildman–Crippen MR) is 100 cm³/mol. The van der Waals surface area contributed by atoms with Crippen LogP contribution in [0.2, 0.25) is 0 Å². The van der Waals surface area contributed by atoms with Gasteiger partial charge in [-0.15, -0.1) is 0 Å². The number of carbonyl (C=O) groups is 1. The first kappa shape index (κ1) is 17.2. The van der Waals surface area contributed by atoms with Crippen molar-refractivity contribution in [2.45, 2.75) is 6.54 Å². The van der Waals surface area contributed by atoms with Gasteiger partial charge in [-0.05, 0) is 29.8 Å². The van der Waals surface area contributed by atoms with Crippen LogP contribution in [0.25, 0.3) is 10.2 Å². The summed E-state index contributed by atoms with van der Waals surface area (Å²) in [4.78, 5) is 16.3. The number of carbonyl (C=O) groups excluding carboxylic acids is 1. The fourth-order valence-corrected chi connectivity index (χ4v) is 3.62. The van der Waals surface area contributed by atoms with Gasteiger partial charge >= 0.3 is 6.03 Å². The summed E-state index contributed by atoms with van der Waals surface area (Å²) in [6.45, 7) is 0.260. The molecule has 0 atom stereocenters. The lowest BCUT2D eigenvalue weighted by Crippen LogP contribution is -2.28. The van der Waals surface area contributed by atoms with Gasteiger partial charge < -0.3 is 5.32 Å². The van der Waals surface area contributed by atoms with Crippen molar-refractivity contribution in [2.75, 3.05) is 16.3 Å². The standard InChI is InChI=1S/C16H16N4O3S2/c1-25(22,23)20-12-6-4-5-11(9-12)10-17-15(21)19-16-18-13-7-2-3-8-14(13)24-16/h2-9,20H,10H2,1H3,(H2,17,18,19,21). The number of anilines is 2. The number of thiazole rings is 1. The Morgan fingerprint density at radius 2 is 1.96 bits per heavy atom. The maximum absolute atomic E-state index is 12.0. The second-order valence-corrected chi connectivity index (χ2v) is 8.15. The van der Waals surface area contributed by atoms with E-state index in [9.17, 15) is 13.2 Å². The predicted octanol–water partition coefficient (Wildman–Crippen LogP) is 2.99. The maximum atomic E-state index is 12.0. The summed E-state index contributed by atoms with van der Waals surface area (Å²) in [5.74, 6) is 0. The van der Waals surface area contributed by atoms with E-state index in [0.717, 1.165) is 22.0 Å². The van der Waals surface area contributed by atoms with E-state index in [1.165, 1.54) is 11.3 Å². The molecule has 1 heterocycles. The minimum absolute atomic E-state index is 0.260. The van der Waals surface area contributed by atoms with Gasteiger partial charge in [-0.25, -0.2) is 18.2 Å². The molecule has 0 fully saturated rings. The molecule has 0 unspecified atom stereocenters. The second-order valence-electron chi connectivity index (χ2n) is 5.37. The number of para-hydroxylation sites is 1. The number of hydrogen-bond acceptors (Lipinski definition) is 5. The lowest BCUT2D eigenvalue weighted by atomic mass is 10.2. The molecule has 7 nitrogen and oxygen atoms in total. The number of nitrogens with zero attached hydrogens (tertiary/aromatic N) is 1. The SMILES string of the molecule is CS(=O)(=O)Nc1cccc(CNC(=O)Nc2nc3ccccc3s2)c1. The van der Waals surface area contributed by atoms with Crippen LogP contribution in [0.15, 0.2) is 48.5 Å². The van der Waals surface area contributed by atoms with Crippen LogP contribution in [0.5, 0.6) is 0 Å². The molecule has 0 aliphatic carbocycles. The Kier molecular flexibility index (Phi) is 4.86. The van der Waals surface area contributed by atoms with E-state index in [-0.39, 0.29) is 12.6 Å². The molecule has 0 saturated carbocycles. The molecule has 0 radical (unpaired) electrons. The van der Waals surface area contributed by atoms with E-state index < -0.39 is 10.0 Å². The molecule has 130 valence electrons. The second kappa shape index (κ2) is 7.08. The summed E-state index contributed by atoms with van der Waals surface area (Å²) in [5, 5.41) is 5.94. The number of amides is 2. The summed E-state index contributed by atoms with van der Waals surface area (Å²) in [7, 11) is -3.34. The molecule has 0 bridgehead atoms. The van der Waals surface area contributed by atoms with Crippen molar-refractivity contribution in [3.63, 3.8) is 0 Å². The smallest absolute Gasteiger partial charge is 0.321 e. The summed E-state index contributed by atoms with van der Waals surface area (Å²) in [5.41, 5.74) is 2.06. The van der Waals surface area contributed by atoms with E-state index in [1.807, 2.05) is 24.3 Å². The van der Waals surface area contributed by atoms with Crippen LogP contribution in [0, 0.1) is 0 Å². The zero-order valence-electron chi connectivity index (χ0n) is 13.3. The summed E-state index contributed by atoms with van der Waals surface area (Å²) in [6, 6.07) is 14.1. The quantitative estimate of drug-likeness (QED) is 0.637. The van der Waals surface area contributed by atoms with Crippen LogP contribution in [0.1, 0.15) is 5.56 Å². The van der Waals surface area contributed by atoms with E-state index >= 15 is 0 Å². The molecule has 0 saturated heterocycles. The van der Waals surface area contributed by atoms with E-state index in [2.05, 4.69) is 20.3 Å². The van der Waals surface area contributed by atoms with Gasteiger partial charge in [-0.1, -0.05) is 35.6 Å². The fourth-order valence-electron chi connectivity index (χ4n) is 2.21. The van der Waals surface area contributed by atoms with Crippen LogP contribution in [-0.2, 0) is 16.6 Å². The Balaban J connectivity index is 1.59. The molecule has 1 aromatic heterocycles. The largest absolute Gasteiger partial charge is 0.334 e. The average molecular weight is 376 g/mol. The molecule has 0 aliphatic heterocycles. The molecule has 0 spiro atoms. The minimum Gasteiger partial charge on any atom is -0.334 e. The highest BCUT2D eigenvalue weighted by atomic mass is 32.2. The van der Waals surface area contributed by atoms with Crippen molar-refractivity contribution in [3.05, 3.63) is 54.1 Å². The maximum Gasteiger partial charge on any atom is 0.321 e. The van der Waals surface area contributed by atoms with Crippen LogP contribution in [0.4, 0.5) is 15.6 Å². The number of nitrogens with one attached hydrogen (secondary N) is 3. The number of aromatic nitrogens is 1. The number of rotatable bonds is 5. The highest BCUT2D eigenvalue weighted by Gasteiger charge is 2.08. The van der Waals surface area contributed by atoms with Gasteiger partial charge in [-0.3, -0.25) is 10.0 Å². The number of urea groups is 1. The topological polar surface area (TPSA) is 100 Å². The van der Waals surface area contributed by atoms with Crippen LogP contribution in [0.3, 0.4) is 0 Å². The van der Waals surface area contributed by atoms with Crippen molar-refractivity contribution in [1.82, 2.24) is 10.3 Å². The van der Waals surface area contributed by atoms with Crippen molar-refractivity contribution >= 4 is 48.4 Å². The Morgan fingerprint density at radius 3 is 2.72 bits per heavy atom. The lowest BCUT2D eigenvalue weighted by molar-refractivity contribution is 0.251. The number of fused-ring (bicyclic) bond motifs is 1. The third-order valence-electron chi connectivity index (χ3n) is 3.20. The van der Waals surface area contributed by atoms with E-state index in [4.69, 9.17) is 0 Å². The molecule has 9 heteroatoms. The molecule has 25 heavy (non-hydrogen) atoms. The molecule has 3 N–H and O–H groups in total. The van der Waals surface area contributed by atoms with Gasteiger partial charge in [0.1, 0.15) is 0 Å². The first-order chi connectivity index (χ1) is 11.9. The number of benzene rings is 2. The van der Waals surface area contributed by atoms with Crippen molar-refractivity contribution in [2.24, 2.45) is 0 Å². The molecule has 2 aromatic carbocycles. The molecular formula is C16H16N4O3S2. The summed E-state index contributed by atoms with van der Waals surface area (Å²) >= 11 is 1.40. The van der Waals surface area contributed by atoms with Gasteiger partial charge in [0.25, 0.3) is 0 Å². The number of sulfonamides is 1. The Bertz CT molecular complexity index is 982. The first-order valence-electron chi connectivity index (χ1n) is 7.36. The minimum atomic E-state index is -3.34.